The molecule has 1 fully saturated rings. The van der Waals surface area contributed by atoms with Gasteiger partial charge in [0.2, 0.25) is 0 Å². The van der Waals surface area contributed by atoms with Crippen LogP contribution in [-0.4, -0.2) is 5.78 Å². The molecule has 0 aromatic heterocycles. The SMILES string of the molecule is CC(C)(C)C(=O)C1C(c2cccc(F)c2)C1(C#N)C#N. The molecule has 0 aliphatic heterocycles. The number of halogens is 1. The highest BCUT2D eigenvalue weighted by Gasteiger charge is 2.71. The van der Waals surface area contributed by atoms with Gasteiger partial charge in [-0.2, -0.15) is 10.5 Å². The van der Waals surface area contributed by atoms with E-state index in [9.17, 15) is 19.7 Å². The zero-order chi connectivity index (χ0) is 15.1. The Morgan fingerprint density at radius 3 is 2.35 bits per heavy atom. The van der Waals surface area contributed by atoms with Gasteiger partial charge < -0.3 is 0 Å². The third-order valence-corrected chi connectivity index (χ3v) is 3.80. The van der Waals surface area contributed by atoms with Gasteiger partial charge in [0, 0.05) is 11.3 Å². The number of benzene rings is 1. The largest absolute Gasteiger partial charge is 0.299 e. The van der Waals surface area contributed by atoms with Crippen LogP contribution in [0.1, 0.15) is 32.3 Å². The minimum atomic E-state index is -1.36. The summed E-state index contributed by atoms with van der Waals surface area (Å²) in [5.41, 5.74) is -1.46. The first-order valence-corrected chi connectivity index (χ1v) is 6.40. The number of carbonyl (C=O) groups is 1. The van der Waals surface area contributed by atoms with Crippen LogP contribution in [0.5, 0.6) is 0 Å². The van der Waals surface area contributed by atoms with Gasteiger partial charge >= 0.3 is 0 Å². The minimum absolute atomic E-state index is 0.130. The molecular formula is C16H15FN2O. The topological polar surface area (TPSA) is 64.7 Å². The van der Waals surface area contributed by atoms with Crippen LogP contribution in [0.4, 0.5) is 4.39 Å². The summed E-state index contributed by atoms with van der Waals surface area (Å²) in [4.78, 5) is 12.4. The van der Waals surface area contributed by atoms with E-state index in [2.05, 4.69) is 0 Å². The molecule has 0 radical (unpaired) electrons. The molecule has 4 heteroatoms. The van der Waals surface area contributed by atoms with Crippen LogP contribution in [0.25, 0.3) is 0 Å². The predicted octanol–water partition coefficient (Wildman–Crippen LogP) is 3.19. The minimum Gasteiger partial charge on any atom is -0.299 e. The first-order chi connectivity index (χ1) is 9.28. The number of hydrogen-bond donors (Lipinski definition) is 0. The fourth-order valence-corrected chi connectivity index (χ4v) is 2.67. The van der Waals surface area contributed by atoms with Gasteiger partial charge in [-0.25, -0.2) is 4.39 Å². The lowest BCUT2D eigenvalue weighted by atomic mass is 9.85. The Kier molecular flexibility index (Phi) is 3.14. The van der Waals surface area contributed by atoms with Crippen LogP contribution in [0, 0.1) is 45.2 Å². The van der Waals surface area contributed by atoms with Crippen LogP contribution >= 0.6 is 0 Å². The number of nitrogens with zero attached hydrogens (tertiary/aromatic N) is 2. The van der Waals surface area contributed by atoms with Crippen LogP contribution in [-0.2, 0) is 4.79 Å². The maximum Gasteiger partial charge on any atom is 0.161 e. The van der Waals surface area contributed by atoms with Crippen molar-refractivity contribution >= 4 is 5.78 Å². The first-order valence-electron chi connectivity index (χ1n) is 6.40. The maximum absolute atomic E-state index is 13.3. The molecule has 0 amide bonds. The molecule has 0 heterocycles. The van der Waals surface area contributed by atoms with Crippen molar-refractivity contribution in [2.24, 2.45) is 16.7 Å². The van der Waals surface area contributed by atoms with Crippen molar-refractivity contribution in [3.05, 3.63) is 35.6 Å². The van der Waals surface area contributed by atoms with E-state index in [0.717, 1.165) is 0 Å². The van der Waals surface area contributed by atoms with Crippen molar-refractivity contribution in [2.45, 2.75) is 26.7 Å². The smallest absolute Gasteiger partial charge is 0.161 e. The molecule has 1 aliphatic carbocycles. The van der Waals surface area contributed by atoms with Gasteiger partial charge in [-0.15, -0.1) is 0 Å². The lowest BCUT2D eigenvalue weighted by Crippen LogP contribution is -2.24. The summed E-state index contributed by atoms with van der Waals surface area (Å²) in [5, 5.41) is 18.6. The van der Waals surface area contributed by atoms with Gasteiger partial charge in [0.05, 0.1) is 18.1 Å². The van der Waals surface area contributed by atoms with Gasteiger partial charge in [-0.05, 0) is 17.7 Å². The molecular weight excluding hydrogens is 255 g/mol. The molecule has 1 aromatic carbocycles. The Morgan fingerprint density at radius 2 is 1.90 bits per heavy atom. The Labute approximate surface area is 117 Å². The molecule has 0 bridgehead atoms. The average Bonchev–Trinajstić information content (AvgIpc) is 3.06. The quantitative estimate of drug-likeness (QED) is 0.829. The summed E-state index contributed by atoms with van der Waals surface area (Å²) >= 11 is 0. The zero-order valence-electron chi connectivity index (χ0n) is 11.6. The fraction of sp³-hybridized carbons (Fsp3) is 0.438. The van der Waals surface area contributed by atoms with E-state index >= 15 is 0 Å². The monoisotopic (exact) mass is 270 g/mol. The summed E-state index contributed by atoms with van der Waals surface area (Å²) in [5.74, 6) is -1.78. The number of nitriles is 2. The van der Waals surface area contributed by atoms with Crippen molar-refractivity contribution in [1.29, 1.82) is 10.5 Å². The number of carbonyl (C=O) groups excluding carboxylic acids is 1. The Balaban J connectivity index is 2.46. The lowest BCUT2D eigenvalue weighted by Gasteiger charge is -2.16. The lowest BCUT2D eigenvalue weighted by molar-refractivity contribution is -0.128. The third-order valence-electron chi connectivity index (χ3n) is 3.80. The average molecular weight is 270 g/mol. The van der Waals surface area contributed by atoms with Crippen LogP contribution in [0.2, 0.25) is 0 Å². The molecule has 2 rings (SSSR count). The summed E-state index contributed by atoms with van der Waals surface area (Å²) in [6.45, 7) is 5.28. The van der Waals surface area contributed by atoms with Crippen LogP contribution in [0.15, 0.2) is 24.3 Å². The molecule has 0 spiro atoms. The summed E-state index contributed by atoms with van der Waals surface area (Å²) in [6, 6.07) is 9.72. The molecule has 0 N–H and O–H groups in total. The van der Waals surface area contributed by atoms with E-state index < -0.39 is 28.5 Å². The van der Waals surface area contributed by atoms with E-state index in [1.807, 2.05) is 12.1 Å². The van der Waals surface area contributed by atoms with Gasteiger partial charge in [0.25, 0.3) is 0 Å². The van der Waals surface area contributed by atoms with E-state index in [4.69, 9.17) is 0 Å². The van der Waals surface area contributed by atoms with Gasteiger partial charge in [-0.1, -0.05) is 32.9 Å². The molecule has 1 aliphatic rings. The summed E-state index contributed by atoms with van der Waals surface area (Å²) in [7, 11) is 0. The number of ketones is 1. The predicted molar refractivity (Wildman–Crippen MR) is 70.8 cm³/mol. The van der Waals surface area contributed by atoms with Crippen molar-refractivity contribution < 1.29 is 9.18 Å². The third kappa shape index (κ3) is 1.98. The van der Waals surface area contributed by atoms with Crippen molar-refractivity contribution in [1.82, 2.24) is 0 Å². The molecule has 1 saturated carbocycles. The fourth-order valence-electron chi connectivity index (χ4n) is 2.67. The van der Waals surface area contributed by atoms with E-state index in [-0.39, 0.29) is 5.78 Å². The molecule has 3 nitrogen and oxygen atoms in total. The van der Waals surface area contributed by atoms with Crippen molar-refractivity contribution in [3.63, 3.8) is 0 Å². The van der Waals surface area contributed by atoms with Crippen molar-refractivity contribution in [3.8, 4) is 12.1 Å². The van der Waals surface area contributed by atoms with E-state index in [1.54, 1.807) is 26.8 Å². The van der Waals surface area contributed by atoms with Crippen LogP contribution < -0.4 is 0 Å². The van der Waals surface area contributed by atoms with Gasteiger partial charge in [-0.3, -0.25) is 4.79 Å². The molecule has 2 unspecified atom stereocenters. The molecule has 1 aromatic rings. The van der Waals surface area contributed by atoms with E-state index in [0.29, 0.717) is 5.56 Å². The summed E-state index contributed by atoms with van der Waals surface area (Å²) < 4.78 is 13.3. The van der Waals surface area contributed by atoms with Gasteiger partial charge in [0.15, 0.2) is 5.41 Å². The second kappa shape index (κ2) is 4.42. The molecule has 102 valence electrons. The second-order valence-electron chi connectivity index (χ2n) is 6.22. The second-order valence-corrected chi connectivity index (χ2v) is 6.22. The molecule has 20 heavy (non-hydrogen) atoms. The van der Waals surface area contributed by atoms with E-state index in [1.165, 1.54) is 18.2 Å². The number of rotatable bonds is 2. The summed E-state index contributed by atoms with van der Waals surface area (Å²) in [6.07, 6.45) is 0. The number of Topliss-reactive ketones (excluding diaryl/α,β-unsaturated/α-hetero) is 1. The highest BCUT2D eigenvalue weighted by molar-refractivity contribution is 5.92. The molecule has 2 atom stereocenters. The normalized spacial score (nSPS) is 23.5. The Morgan fingerprint density at radius 1 is 1.30 bits per heavy atom. The number of hydrogen-bond acceptors (Lipinski definition) is 3. The van der Waals surface area contributed by atoms with Crippen LogP contribution in [0.3, 0.4) is 0 Å². The highest BCUT2D eigenvalue weighted by Crippen LogP contribution is 2.66. The Hall–Kier alpha value is -2.20. The van der Waals surface area contributed by atoms with Crippen molar-refractivity contribution in [2.75, 3.05) is 0 Å². The molecule has 0 saturated heterocycles. The van der Waals surface area contributed by atoms with Gasteiger partial charge in [0.1, 0.15) is 11.6 Å². The zero-order valence-corrected chi connectivity index (χ0v) is 11.6. The standard InChI is InChI=1S/C16H15FN2O/c1-15(2,3)14(20)13-12(16(13,8-18)9-19)10-5-4-6-11(17)7-10/h4-7,12-13H,1-3H3. The highest BCUT2D eigenvalue weighted by atomic mass is 19.1. The maximum atomic E-state index is 13.3. The Bertz CT molecular complexity index is 632. The first kappa shape index (κ1) is 14.2.